The second-order valence-corrected chi connectivity index (χ2v) is 7.81. The lowest BCUT2D eigenvalue weighted by molar-refractivity contribution is 0.102. The molecule has 8 heteroatoms. The minimum absolute atomic E-state index is 0. The predicted molar refractivity (Wildman–Crippen MR) is 116 cm³/mol. The van der Waals surface area contributed by atoms with Gasteiger partial charge in [-0.3, -0.25) is 4.79 Å². The van der Waals surface area contributed by atoms with Gasteiger partial charge in [0.25, 0.3) is 5.91 Å². The Bertz CT molecular complexity index is 1150. The van der Waals surface area contributed by atoms with Crippen molar-refractivity contribution in [2.24, 2.45) is 0 Å². The largest absolute Gasteiger partial charge is 0.341 e. The first kappa shape index (κ1) is 20.5. The highest BCUT2D eigenvalue weighted by atomic mass is 35.5. The first-order chi connectivity index (χ1) is 13.3. The van der Waals surface area contributed by atoms with Gasteiger partial charge in [-0.05, 0) is 42.2 Å². The predicted octanol–water partition coefficient (Wildman–Crippen LogP) is 4.40. The fourth-order valence-electron chi connectivity index (χ4n) is 2.95. The molecule has 150 valence electrons. The number of rotatable bonds is 3. The monoisotopic (exact) mass is 410 g/mol. The van der Waals surface area contributed by atoms with E-state index in [2.05, 4.69) is 46.1 Å². The van der Waals surface area contributed by atoms with Crippen LogP contribution in [0.25, 0.3) is 17.0 Å². The Kier molecular flexibility index (Phi) is 5.44. The van der Waals surface area contributed by atoms with E-state index in [1.54, 1.807) is 16.9 Å². The van der Waals surface area contributed by atoms with E-state index in [9.17, 15) is 4.79 Å². The number of carbonyl (C=O) groups is 1. The second kappa shape index (κ2) is 7.67. The molecule has 29 heavy (non-hydrogen) atoms. The van der Waals surface area contributed by atoms with Crippen LogP contribution in [-0.4, -0.2) is 30.5 Å². The summed E-state index contributed by atoms with van der Waals surface area (Å²) in [5.41, 5.74) is 4.05. The lowest BCUT2D eigenvalue weighted by Gasteiger charge is -2.18. The van der Waals surface area contributed by atoms with Crippen LogP contribution in [0.2, 0.25) is 0 Å². The molecule has 1 amide bonds. The number of amides is 1. The standard InChI is InChI=1S/C21H22N6O.ClH/c1-13-22-11-17(23-13)16-9-10-19-24-18(12-27(19)26-16)25-20(28)14-5-7-15(8-6-14)21(2,3)4;/h5-12H,1-4H3,(H,22,23)(H,25,28);1H. The maximum Gasteiger partial charge on any atom is 0.256 e. The molecule has 3 heterocycles. The van der Waals surface area contributed by atoms with Gasteiger partial charge in [0, 0.05) is 5.56 Å². The molecule has 1 aromatic carbocycles. The Labute approximate surface area is 175 Å². The number of anilines is 1. The number of H-pyrrole nitrogens is 1. The molecule has 7 nitrogen and oxygen atoms in total. The highest BCUT2D eigenvalue weighted by molar-refractivity contribution is 6.03. The molecular formula is C21H23ClN6O. The van der Waals surface area contributed by atoms with Crippen molar-refractivity contribution in [2.75, 3.05) is 5.32 Å². The summed E-state index contributed by atoms with van der Waals surface area (Å²) in [4.78, 5) is 24.3. The van der Waals surface area contributed by atoms with E-state index < -0.39 is 0 Å². The van der Waals surface area contributed by atoms with Gasteiger partial charge in [-0.2, -0.15) is 5.10 Å². The highest BCUT2D eigenvalue weighted by Crippen LogP contribution is 2.22. The molecule has 0 saturated carbocycles. The van der Waals surface area contributed by atoms with Crippen LogP contribution in [0.4, 0.5) is 5.82 Å². The molecule has 0 spiro atoms. The number of hydrogen-bond donors (Lipinski definition) is 2. The Morgan fingerprint density at radius 1 is 1.10 bits per heavy atom. The van der Waals surface area contributed by atoms with E-state index in [0.29, 0.717) is 17.0 Å². The van der Waals surface area contributed by atoms with Crippen molar-refractivity contribution in [1.82, 2.24) is 24.6 Å². The van der Waals surface area contributed by atoms with Gasteiger partial charge < -0.3 is 10.3 Å². The number of aryl methyl sites for hydroxylation is 1. The Hall–Kier alpha value is -3.19. The number of fused-ring (bicyclic) bond motifs is 1. The quantitative estimate of drug-likeness (QED) is 0.524. The molecule has 0 aliphatic heterocycles. The van der Waals surface area contributed by atoms with Gasteiger partial charge in [0.15, 0.2) is 11.5 Å². The summed E-state index contributed by atoms with van der Waals surface area (Å²) < 4.78 is 1.64. The van der Waals surface area contributed by atoms with Crippen LogP contribution in [-0.2, 0) is 5.41 Å². The van der Waals surface area contributed by atoms with E-state index in [1.807, 2.05) is 43.3 Å². The van der Waals surface area contributed by atoms with Gasteiger partial charge in [-0.1, -0.05) is 32.9 Å². The number of benzene rings is 1. The molecular weight excluding hydrogens is 388 g/mol. The fraction of sp³-hybridized carbons (Fsp3) is 0.238. The van der Waals surface area contributed by atoms with Crippen LogP contribution < -0.4 is 5.32 Å². The third-order valence-electron chi connectivity index (χ3n) is 4.55. The van der Waals surface area contributed by atoms with E-state index in [1.165, 1.54) is 5.56 Å². The van der Waals surface area contributed by atoms with Crippen molar-refractivity contribution in [2.45, 2.75) is 33.1 Å². The molecule has 0 unspecified atom stereocenters. The molecule has 3 aromatic heterocycles. The zero-order valence-corrected chi connectivity index (χ0v) is 17.5. The third-order valence-corrected chi connectivity index (χ3v) is 4.55. The average Bonchev–Trinajstić information content (AvgIpc) is 3.26. The average molecular weight is 411 g/mol. The van der Waals surface area contributed by atoms with Crippen LogP contribution in [0.3, 0.4) is 0 Å². The van der Waals surface area contributed by atoms with Gasteiger partial charge in [0.1, 0.15) is 11.5 Å². The molecule has 0 fully saturated rings. The fourth-order valence-corrected chi connectivity index (χ4v) is 2.95. The summed E-state index contributed by atoms with van der Waals surface area (Å²) >= 11 is 0. The van der Waals surface area contributed by atoms with Crippen LogP contribution in [0.15, 0.2) is 48.8 Å². The molecule has 4 rings (SSSR count). The number of nitrogens with one attached hydrogen (secondary N) is 2. The van der Waals surface area contributed by atoms with Gasteiger partial charge >= 0.3 is 0 Å². The number of nitrogens with zero attached hydrogens (tertiary/aromatic N) is 4. The third kappa shape index (κ3) is 4.30. The van der Waals surface area contributed by atoms with Crippen LogP contribution in [0.5, 0.6) is 0 Å². The van der Waals surface area contributed by atoms with E-state index in [4.69, 9.17) is 0 Å². The summed E-state index contributed by atoms with van der Waals surface area (Å²) in [6, 6.07) is 11.4. The summed E-state index contributed by atoms with van der Waals surface area (Å²) in [7, 11) is 0. The second-order valence-electron chi connectivity index (χ2n) is 7.81. The summed E-state index contributed by atoms with van der Waals surface area (Å²) in [6.45, 7) is 8.32. The van der Waals surface area contributed by atoms with E-state index in [-0.39, 0.29) is 23.7 Å². The minimum Gasteiger partial charge on any atom is -0.341 e. The Balaban J connectivity index is 0.00000240. The van der Waals surface area contributed by atoms with Crippen LogP contribution in [0.1, 0.15) is 42.5 Å². The lowest BCUT2D eigenvalue weighted by Crippen LogP contribution is -2.14. The first-order valence-corrected chi connectivity index (χ1v) is 9.10. The molecule has 2 N–H and O–H groups in total. The molecule has 0 atom stereocenters. The summed E-state index contributed by atoms with van der Waals surface area (Å²) in [5.74, 6) is 1.08. The maximum absolute atomic E-state index is 12.5. The van der Waals surface area contributed by atoms with Crippen LogP contribution >= 0.6 is 12.4 Å². The number of aromatic amines is 1. The number of carbonyl (C=O) groups excluding carboxylic acids is 1. The maximum atomic E-state index is 12.5. The van der Waals surface area contributed by atoms with Crippen molar-refractivity contribution < 1.29 is 4.79 Å². The molecule has 0 saturated heterocycles. The van der Waals surface area contributed by atoms with Crippen molar-refractivity contribution >= 4 is 29.8 Å². The normalized spacial score (nSPS) is 11.3. The SMILES string of the molecule is Cc1ncc(-c2ccc3nc(NC(=O)c4ccc(C(C)(C)C)cc4)cn3n2)[nH]1.Cl. The zero-order chi connectivity index (χ0) is 19.9. The van der Waals surface area contributed by atoms with Gasteiger partial charge in [0.05, 0.1) is 18.1 Å². The number of halogens is 1. The van der Waals surface area contributed by atoms with Gasteiger partial charge in [0.2, 0.25) is 0 Å². The molecule has 0 aliphatic rings. The van der Waals surface area contributed by atoms with Crippen LogP contribution in [0, 0.1) is 6.92 Å². The minimum atomic E-state index is -0.201. The molecule has 4 aromatic rings. The molecule has 0 radical (unpaired) electrons. The highest BCUT2D eigenvalue weighted by Gasteiger charge is 2.15. The van der Waals surface area contributed by atoms with Crippen molar-refractivity contribution in [1.29, 1.82) is 0 Å². The topological polar surface area (TPSA) is 88.0 Å². The molecule has 0 bridgehead atoms. The van der Waals surface area contributed by atoms with Crippen molar-refractivity contribution in [3.8, 4) is 11.4 Å². The zero-order valence-electron chi connectivity index (χ0n) is 16.7. The summed E-state index contributed by atoms with van der Waals surface area (Å²) in [6.07, 6.45) is 3.44. The first-order valence-electron chi connectivity index (χ1n) is 9.10. The van der Waals surface area contributed by atoms with Gasteiger partial charge in [-0.15, -0.1) is 12.4 Å². The number of hydrogen-bond acceptors (Lipinski definition) is 4. The Morgan fingerprint density at radius 3 is 2.45 bits per heavy atom. The lowest BCUT2D eigenvalue weighted by atomic mass is 9.87. The Morgan fingerprint density at radius 2 is 1.83 bits per heavy atom. The molecule has 0 aliphatic carbocycles. The summed E-state index contributed by atoms with van der Waals surface area (Å²) in [5, 5.41) is 7.37. The van der Waals surface area contributed by atoms with Gasteiger partial charge in [-0.25, -0.2) is 14.5 Å². The number of aromatic nitrogens is 5. The number of imidazole rings is 2. The smallest absolute Gasteiger partial charge is 0.256 e. The van der Waals surface area contributed by atoms with Crippen molar-refractivity contribution in [3.05, 3.63) is 65.7 Å². The van der Waals surface area contributed by atoms with E-state index in [0.717, 1.165) is 17.2 Å². The van der Waals surface area contributed by atoms with E-state index >= 15 is 0 Å². The van der Waals surface area contributed by atoms with Crippen molar-refractivity contribution in [3.63, 3.8) is 0 Å².